The average molecular weight is 559 g/mol. The molecule has 194 valence electrons. The molecule has 0 saturated heterocycles. The largest absolute Gasteiger partial charge is 0.321 e. The van der Waals surface area contributed by atoms with E-state index < -0.39 is 17.6 Å². The predicted molar refractivity (Wildman–Crippen MR) is 153 cm³/mol. The Bertz CT molecular complexity index is 1580. The SMILES string of the molecule is O=C(Nc1ccc(C(=O)/C=C/c2cccc(Cl)c2Cl)cc1)/C(=C/c1ccccc1F)NC(=O)c1ccccc1. The summed E-state index contributed by atoms with van der Waals surface area (Å²) in [6, 6.07) is 25.5. The third kappa shape index (κ3) is 7.29. The number of carbonyl (C=O) groups is 3. The van der Waals surface area contributed by atoms with Gasteiger partial charge in [-0.05, 0) is 72.3 Å². The molecule has 0 saturated carbocycles. The predicted octanol–water partition coefficient (Wildman–Crippen LogP) is 7.44. The Kier molecular flexibility index (Phi) is 9.05. The first kappa shape index (κ1) is 27.5. The third-order valence-electron chi connectivity index (χ3n) is 5.56. The lowest BCUT2D eigenvalue weighted by Crippen LogP contribution is -2.30. The monoisotopic (exact) mass is 558 g/mol. The minimum Gasteiger partial charge on any atom is -0.321 e. The molecular formula is C31H21Cl2FN2O3. The highest BCUT2D eigenvalue weighted by Gasteiger charge is 2.16. The molecule has 0 atom stereocenters. The van der Waals surface area contributed by atoms with Gasteiger partial charge in [0.2, 0.25) is 0 Å². The summed E-state index contributed by atoms with van der Waals surface area (Å²) in [4.78, 5) is 38.4. The highest BCUT2D eigenvalue weighted by Crippen LogP contribution is 2.26. The van der Waals surface area contributed by atoms with Gasteiger partial charge >= 0.3 is 0 Å². The summed E-state index contributed by atoms with van der Waals surface area (Å²) in [6.45, 7) is 0. The summed E-state index contributed by atoms with van der Waals surface area (Å²) in [5, 5.41) is 5.96. The van der Waals surface area contributed by atoms with Crippen LogP contribution in [0.3, 0.4) is 0 Å². The van der Waals surface area contributed by atoms with Gasteiger partial charge in [-0.3, -0.25) is 14.4 Å². The van der Waals surface area contributed by atoms with E-state index in [4.69, 9.17) is 23.2 Å². The lowest BCUT2D eigenvalue weighted by atomic mass is 10.1. The standard InChI is InChI=1S/C31H21Cl2FN2O3/c32-25-11-6-10-21(29(25)33)15-18-28(37)20-13-16-24(17-14-20)35-31(39)27(19-23-9-4-5-12-26(23)34)36-30(38)22-7-2-1-3-8-22/h1-19H,(H,35,39)(H,36,38)/b18-15+,27-19-. The van der Waals surface area contributed by atoms with E-state index in [0.29, 0.717) is 32.4 Å². The minimum atomic E-state index is -0.669. The number of nitrogens with one attached hydrogen (secondary N) is 2. The molecule has 0 aliphatic rings. The van der Waals surface area contributed by atoms with Gasteiger partial charge in [-0.2, -0.15) is 0 Å². The van der Waals surface area contributed by atoms with E-state index in [1.54, 1.807) is 84.9 Å². The van der Waals surface area contributed by atoms with Crippen LogP contribution < -0.4 is 10.6 Å². The van der Waals surface area contributed by atoms with Gasteiger partial charge in [0.25, 0.3) is 11.8 Å². The first-order valence-corrected chi connectivity index (χ1v) is 12.5. The van der Waals surface area contributed by atoms with Crippen LogP contribution in [0.1, 0.15) is 31.8 Å². The number of hydrogen-bond acceptors (Lipinski definition) is 3. The van der Waals surface area contributed by atoms with Gasteiger partial charge in [0, 0.05) is 22.4 Å². The first-order valence-electron chi connectivity index (χ1n) is 11.7. The molecule has 0 aliphatic heterocycles. The van der Waals surface area contributed by atoms with Crippen molar-refractivity contribution >= 4 is 58.6 Å². The van der Waals surface area contributed by atoms with Crippen LogP contribution in [-0.4, -0.2) is 17.6 Å². The maximum atomic E-state index is 14.3. The van der Waals surface area contributed by atoms with Crippen molar-refractivity contribution in [2.24, 2.45) is 0 Å². The average Bonchev–Trinajstić information content (AvgIpc) is 2.95. The van der Waals surface area contributed by atoms with Crippen molar-refractivity contribution in [1.29, 1.82) is 0 Å². The minimum absolute atomic E-state index is 0.128. The van der Waals surface area contributed by atoms with Gasteiger partial charge in [-0.25, -0.2) is 4.39 Å². The lowest BCUT2D eigenvalue weighted by Gasteiger charge is -2.12. The molecule has 0 aromatic heterocycles. The number of ketones is 1. The zero-order valence-electron chi connectivity index (χ0n) is 20.3. The topological polar surface area (TPSA) is 75.3 Å². The Morgan fingerprint density at radius 1 is 0.718 bits per heavy atom. The number of anilines is 1. The number of benzene rings is 4. The Morgan fingerprint density at radius 2 is 1.38 bits per heavy atom. The fourth-order valence-corrected chi connectivity index (χ4v) is 3.89. The Hall–Kier alpha value is -4.52. The number of halogens is 3. The first-order chi connectivity index (χ1) is 18.8. The summed E-state index contributed by atoms with van der Waals surface area (Å²) in [5.74, 6) is -2.02. The molecule has 39 heavy (non-hydrogen) atoms. The highest BCUT2D eigenvalue weighted by atomic mass is 35.5. The molecule has 0 fully saturated rings. The van der Waals surface area contributed by atoms with Crippen LogP contribution >= 0.6 is 23.2 Å². The van der Waals surface area contributed by atoms with E-state index in [1.807, 2.05) is 0 Å². The second-order valence-corrected chi connectivity index (χ2v) is 9.06. The molecule has 0 aliphatic carbocycles. The summed E-state index contributed by atoms with van der Waals surface area (Å²) in [7, 11) is 0. The number of hydrogen-bond donors (Lipinski definition) is 2. The summed E-state index contributed by atoms with van der Waals surface area (Å²) in [6.07, 6.45) is 4.20. The Morgan fingerprint density at radius 3 is 2.10 bits per heavy atom. The molecule has 2 amide bonds. The second-order valence-electron chi connectivity index (χ2n) is 8.27. The van der Waals surface area contributed by atoms with Crippen molar-refractivity contribution in [3.8, 4) is 0 Å². The fourth-order valence-electron chi connectivity index (χ4n) is 3.52. The van der Waals surface area contributed by atoms with Gasteiger partial charge in [0.05, 0.1) is 10.0 Å². The van der Waals surface area contributed by atoms with Crippen LogP contribution in [-0.2, 0) is 4.79 Å². The summed E-state index contributed by atoms with van der Waals surface area (Å²) in [5.41, 5.74) is 1.65. The zero-order chi connectivity index (χ0) is 27.8. The van der Waals surface area contributed by atoms with Gasteiger partial charge < -0.3 is 10.6 Å². The van der Waals surface area contributed by atoms with Crippen LogP contribution in [0.5, 0.6) is 0 Å². The van der Waals surface area contributed by atoms with Crippen LogP contribution in [0.15, 0.2) is 109 Å². The molecule has 0 unspecified atom stereocenters. The van der Waals surface area contributed by atoms with E-state index in [2.05, 4.69) is 10.6 Å². The fraction of sp³-hybridized carbons (Fsp3) is 0. The quantitative estimate of drug-likeness (QED) is 0.174. The third-order valence-corrected chi connectivity index (χ3v) is 6.39. The van der Waals surface area contributed by atoms with Crippen LogP contribution in [0.25, 0.3) is 12.2 Å². The van der Waals surface area contributed by atoms with Gasteiger partial charge in [-0.15, -0.1) is 0 Å². The summed E-state index contributed by atoms with van der Waals surface area (Å²) >= 11 is 12.2. The normalized spacial score (nSPS) is 11.3. The molecule has 0 heterocycles. The Balaban J connectivity index is 1.51. The van der Waals surface area contributed by atoms with E-state index >= 15 is 0 Å². The second kappa shape index (κ2) is 12.8. The van der Waals surface area contributed by atoms with Crippen molar-refractivity contribution in [2.75, 3.05) is 5.32 Å². The highest BCUT2D eigenvalue weighted by molar-refractivity contribution is 6.43. The molecule has 8 heteroatoms. The van der Waals surface area contributed by atoms with E-state index in [0.717, 1.165) is 0 Å². The number of amides is 2. The van der Waals surface area contributed by atoms with Crippen molar-refractivity contribution in [2.45, 2.75) is 0 Å². The Labute approximate surface area is 234 Å². The van der Waals surface area contributed by atoms with Crippen molar-refractivity contribution in [3.63, 3.8) is 0 Å². The van der Waals surface area contributed by atoms with E-state index in [1.165, 1.54) is 30.4 Å². The molecule has 2 N–H and O–H groups in total. The molecule has 4 aromatic rings. The van der Waals surface area contributed by atoms with Crippen molar-refractivity contribution in [1.82, 2.24) is 5.32 Å². The van der Waals surface area contributed by atoms with Crippen molar-refractivity contribution < 1.29 is 18.8 Å². The summed E-state index contributed by atoms with van der Waals surface area (Å²) < 4.78 is 14.3. The number of rotatable bonds is 8. The molecule has 0 radical (unpaired) electrons. The zero-order valence-corrected chi connectivity index (χ0v) is 21.8. The van der Waals surface area contributed by atoms with Crippen molar-refractivity contribution in [3.05, 3.63) is 147 Å². The molecule has 0 spiro atoms. The molecule has 4 aromatic carbocycles. The smallest absolute Gasteiger partial charge is 0.272 e. The molecular weight excluding hydrogens is 538 g/mol. The maximum absolute atomic E-state index is 14.3. The lowest BCUT2D eigenvalue weighted by molar-refractivity contribution is -0.113. The molecule has 0 bridgehead atoms. The van der Waals surface area contributed by atoms with E-state index in [9.17, 15) is 18.8 Å². The van der Waals surface area contributed by atoms with Crippen LogP contribution in [0.2, 0.25) is 10.0 Å². The number of allylic oxidation sites excluding steroid dienone is 1. The van der Waals surface area contributed by atoms with Gasteiger partial charge in [0.15, 0.2) is 5.78 Å². The maximum Gasteiger partial charge on any atom is 0.272 e. The van der Waals surface area contributed by atoms with Gasteiger partial charge in [0.1, 0.15) is 11.5 Å². The van der Waals surface area contributed by atoms with Crippen LogP contribution in [0.4, 0.5) is 10.1 Å². The molecule has 5 nitrogen and oxygen atoms in total. The number of carbonyl (C=O) groups excluding carboxylic acids is 3. The van der Waals surface area contributed by atoms with Gasteiger partial charge in [-0.1, -0.05) is 71.7 Å². The molecule has 4 rings (SSSR count). The van der Waals surface area contributed by atoms with Crippen LogP contribution in [0, 0.1) is 5.82 Å². The van der Waals surface area contributed by atoms with E-state index in [-0.39, 0.29) is 17.0 Å².